The molecule has 0 spiro atoms. The highest BCUT2D eigenvalue weighted by molar-refractivity contribution is 5.27. The van der Waals surface area contributed by atoms with Crippen LogP contribution in [0.15, 0.2) is 42.5 Å². The number of benzene rings is 1. The van der Waals surface area contributed by atoms with Crippen LogP contribution in [0.1, 0.15) is 35.0 Å². The zero-order valence-electron chi connectivity index (χ0n) is 13.1. The van der Waals surface area contributed by atoms with Gasteiger partial charge in [-0.05, 0) is 50.6 Å². The van der Waals surface area contributed by atoms with Crippen LogP contribution in [-0.4, -0.2) is 28.6 Å². The molecule has 21 heavy (non-hydrogen) atoms. The Hall–Kier alpha value is -1.71. The molecule has 3 nitrogen and oxygen atoms in total. The predicted octanol–water partition coefficient (Wildman–Crippen LogP) is 3.25. The number of pyridine rings is 1. The first-order valence-corrected chi connectivity index (χ1v) is 7.41. The standard InChI is InChI=1S/C18H24N2O/c1-14-7-4-5-10-17(14)18(21)11-12-20(3)13-16-9-6-8-15(2)19-16/h4-10,18,21H,11-13H2,1-3H3. The maximum Gasteiger partial charge on any atom is 0.0804 e. The van der Waals surface area contributed by atoms with E-state index in [9.17, 15) is 5.11 Å². The van der Waals surface area contributed by atoms with Crippen molar-refractivity contribution in [3.8, 4) is 0 Å². The number of aryl methyl sites for hydroxylation is 2. The van der Waals surface area contributed by atoms with Gasteiger partial charge in [0.25, 0.3) is 0 Å². The molecule has 0 radical (unpaired) electrons. The first-order valence-electron chi connectivity index (χ1n) is 7.41. The molecule has 0 bridgehead atoms. The molecule has 1 atom stereocenters. The van der Waals surface area contributed by atoms with Gasteiger partial charge in [-0.1, -0.05) is 30.3 Å². The Balaban J connectivity index is 1.86. The molecule has 1 unspecified atom stereocenters. The van der Waals surface area contributed by atoms with Crippen LogP contribution in [-0.2, 0) is 6.54 Å². The number of aliphatic hydroxyl groups is 1. The average molecular weight is 284 g/mol. The monoisotopic (exact) mass is 284 g/mol. The second kappa shape index (κ2) is 7.34. The molecule has 1 heterocycles. The van der Waals surface area contributed by atoms with Crippen LogP contribution >= 0.6 is 0 Å². The molecule has 3 heteroatoms. The molecular formula is C18H24N2O. The summed E-state index contributed by atoms with van der Waals surface area (Å²) in [5.74, 6) is 0. The van der Waals surface area contributed by atoms with Crippen molar-refractivity contribution in [1.29, 1.82) is 0 Å². The van der Waals surface area contributed by atoms with Crippen molar-refractivity contribution in [3.05, 3.63) is 65.0 Å². The van der Waals surface area contributed by atoms with Gasteiger partial charge in [0.1, 0.15) is 0 Å². The van der Waals surface area contributed by atoms with E-state index in [1.165, 1.54) is 0 Å². The average Bonchev–Trinajstić information content (AvgIpc) is 2.45. The highest BCUT2D eigenvalue weighted by atomic mass is 16.3. The number of rotatable bonds is 6. The molecule has 2 rings (SSSR count). The van der Waals surface area contributed by atoms with E-state index >= 15 is 0 Å². The highest BCUT2D eigenvalue weighted by Crippen LogP contribution is 2.20. The lowest BCUT2D eigenvalue weighted by Gasteiger charge is -2.19. The zero-order valence-corrected chi connectivity index (χ0v) is 13.1. The normalized spacial score (nSPS) is 12.6. The Kier molecular flexibility index (Phi) is 5.48. The van der Waals surface area contributed by atoms with Crippen LogP contribution in [0.4, 0.5) is 0 Å². The summed E-state index contributed by atoms with van der Waals surface area (Å²) >= 11 is 0. The van der Waals surface area contributed by atoms with Crippen molar-refractivity contribution in [1.82, 2.24) is 9.88 Å². The molecule has 1 aromatic carbocycles. The van der Waals surface area contributed by atoms with E-state index in [1.807, 2.05) is 56.3 Å². The lowest BCUT2D eigenvalue weighted by Crippen LogP contribution is -2.21. The smallest absolute Gasteiger partial charge is 0.0804 e. The molecule has 0 amide bonds. The Morgan fingerprint density at radius 1 is 1.10 bits per heavy atom. The third-order valence-electron chi connectivity index (χ3n) is 3.71. The van der Waals surface area contributed by atoms with Gasteiger partial charge >= 0.3 is 0 Å². The molecule has 0 saturated carbocycles. The fraction of sp³-hybridized carbons (Fsp3) is 0.389. The summed E-state index contributed by atoms with van der Waals surface area (Å²) in [6, 6.07) is 14.1. The van der Waals surface area contributed by atoms with E-state index < -0.39 is 6.10 Å². The van der Waals surface area contributed by atoms with Crippen LogP contribution in [0, 0.1) is 13.8 Å². The van der Waals surface area contributed by atoms with Crippen LogP contribution < -0.4 is 0 Å². The van der Waals surface area contributed by atoms with E-state index in [0.717, 1.165) is 42.0 Å². The Labute approximate surface area is 127 Å². The first-order chi connectivity index (χ1) is 10.1. The summed E-state index contributed by atoms with van der Waals surface area (Å²) in [7, 11) is 2.06. The van der Waals surface area contributed by atoms with Crippen molar-refractivity contribution in [2.45, 2.75) is 32.9 Å². The molecule has 0 aliphatic carbocycles. The van der Waals surface area contributed by atoms with E-state index in [0.29, 0.717) is 0 Å². The molecule has 112 valence electrons. The van der Waals surface area contributed by atoms with E-state index in [4.69, 9.17) is 0 Å². The van der Waals surface area contributed by atoms with Crippen molar-refractivity contribution < 1.29 is 5.11 Å². The largest absolute Gasteiger partial charge is 0.388 e. The molecular weight excluding hydrogens is 260 g/mol. The van der Waals surface area contributed by atoms with Crippen LogP contribution in [0.2, 0.25) is 0 Å². The minimum atomic E-state index is -0.404. The van der Waals surface area contributed by atoms with Crippen molar-refractivity contribution >= 4 is 0 Å². The van der Waals surface area contributed by atoms with Gasteiger partial charge in [0, 0.05) is 18.8 Å². The van der Waals surface area contributed by atoms with Gasteiger partial charge in [-0.15, -0.1) is 0 Å². The van der Waals surface area contributed by atoms with Gasteiger partial charge in [0.2, 0.25) is 0 Å². The number of nitrogens with zero attached hydrogens (tertiary/aromatic N) is 2. The summed E-state index contributed by atoms with van der Waals surface area (Å²) < 4.78 is 0. The van der Waals surface area contributed by atoms with E-state index in [1.54, 1.807) is 0 Å². The predicted molar refractivity (Wildman–Crippen MR) is 86.1 cm³/mol. The molecule has 0 aliphatic rings. The fourth-order valence-corrected chi connectivity index (χ4v) is 2.50. The molecule has 0 aliphatic heterocycles. The van der Waals surface area contributed by atoms with E-state index in [2.05, 4.69) is 16.9 Å². The lowest BCUT2D eigenvalue weighted by atomic mass is 10.0. The van der Waals surface area contributed by atoms with Gasteiger partial charge < -0.3 is 10.0 Å². The van der Waals surface area contributed by atoms with Crippen LogP contribution in [0.25, 0.3) is 0 Å². The quantitative estimate of drug-likeness (QED) is 0.884. The van der Waals surface area contributed by atoms with Crippen LogP contribution in [0.5, 0.6) is 0 Å². The molecule has 2 aromatic rings. The van der Waals surface area contributed by atoms with Crippen LogP contribution in [0.3, 0.4) is 0 Å². The maximum absolute atomic E-state index is 10.3. The number of hydrogen-bond donors (Lipinski definition) is 1. The number of aliphatic hydroxyl groups excluding tert-OH is 1. The molecule has 0 saturated heterocycles. The zero-order chi connectivity index (χ0) is 15.2. The van der Waals surface area contributed by atoms with Gasteiger partial charge in [-0.3, -0.25) is 4.98 Å². The first kappa shape index (κ1) is 15.7. The number of hydrogen-bond acceptors (Lipinski definition) is 3. The molecule has 1 N–H and O–H groups in total. The maximum atomic E-state index is 10.3. The summed E-state index contributed by atoms with van der Waals surface area (Å²) in [6.07, 6.45) is 0.326. The Morgan fingerprint density at radius 3 is 2.57 bits per heavy atom. The molecule has 0 fully saturated rings. The van der Waals surface area contributed by atoms with Crippen molar-refractivity contribution in [2.75, 3.05) is 13.6 Å². The highest BCUT2D eigenvalue weighted by Gasteiger charge is 2.11. The third kappa shape index (κ3) is 4.66. The SMILES string of the molecule is Cc1cccc(CN(C)CCC(O)c2ccccc2C)n1. The number of aromatic nitrogens is 1. The Morgan fingerprint density at radius 2 is 1.86 bits per heavy atom. The lowest BCUT2D eigenvalue weighted by molar-refractivity contribution is 0.147. The summed E-state index contributed by atoms with van der Waals surface area (Å²) in [5.41, 5.74) is 4.29. The fourth-order valence-electron chi connectivity index (χ4n) is 2.50. The van der Waals surface area contributed by atoms with Gasteiger partial charge in [-0.25, -0.2) is 0 Å². The van der Waals surface area contributed by atoms with E-state index in [-0.39, 0.29) is 0 Å². The van der Waals surface area contributed by atoms with Gasteiger partial charge in [0.05, 0.1) is 11.8 Å². The second-order valence-corrected chi connectivity index (χ2v) is 5.67. The van der Waals surface area contributed by atoms with Gasteiger partial charge in [-0.2, -0.15) is 0 Å². The second-order valence-electron chi connectivity index (χ2n) is 5.67. The Bertz CT molecular complexity index is 583. The third-order valence-corrected chi connectivity index (χ3v) is 3.71. The summed E-state index contributed by atoms with van der Waals surface area (Å²) in [4.78, 5) is 6.71. The van der Waals surface area contributed by atoms with Gasteiger partial charge in [0.15, 0.2) is 0 Å². The van der Waals surface area contributed by atoms with Crippen molar-refractivity contribution in [3.63, 3.8) is 0 Å². The summed E-state index contributed by atoms with van der Waals surface area (Å²) in [6.45, 7) is 5.69. The minimum Gasteiger partial charge on any atom is -0.388 e. The molecule has 1 aromatic heterocycles. The minimum absolute atomic E-state index is 0.404. The topological polar surface area (TPSA) is 36.4 Å². The summed E-state index contributed by atoms with van der Waals surface area (Å²) in [5, 5.41) is 10.3. The van der Waals surface area contributed by atoms with Crippen molar-refractivity contribution in [2.24, 2.45) is 0 Å².